The van der Waals surface area contributed by atoms with Crippen molar-refractivity contribution in [3.8, 4) is 0 Å². The number of nitrogens with zero attached hydrogens (tertiary/aromatic N) is 2. The summed E-state index contributed by atoms with van der Waals surface area (Å²) < 4.78 is 32.9. The predicted octanol–water partition coefficient (Wildman–Crippen LogP) is 0.114. The monoisotopic (exact) mass is 196 g/mol. The summed E-state index contributed by atoms with van der Waals surface area (Å²) in [6.07, 6.45) is 0. The Kier molecular flexibility index (Phi) is 2.50. The fraction of sp³-hybridized carbons (Fsp3) is 0.500. The summed E-state index contributed by atoms with van der Waals surface area (Å²) in [6, 6.07) is 0. The highest BCUT2D eigenvalue weighted by Crippen LogP contribution is 2.04. The van der Waals surface area contributed by atoms with Crippen LogP contribution in [0.5, 0.6) is 0 Å². The molecule has 1 aliphatic heterocycles. The van der Waals surface area contributed by atoms with E-state index >= 15 is 0 Å². The van der Waals surface area contributed by atoms with Gasteiger partial charge in [0, 0.05) is 9.45 Å². The van der Waals surface area contributed by atoms with E-state index in [1.165, 1.54) is 6.92 Å². The minimum Gasteiger partial charge on any atom is -0.244 e. The second-order valence-electron chi connectivity index (χ2n) is 1.72. The van der Waals surface area contributed by atoms with Crippen LogP contribution in [0.1, 0.15) is 6.92 Å². The van der Waals surface area contributed by atoms with Gasteiger partial charge in [0.15, 0.2) is 0 Å². The third kappa shape index (κ3) is 1.54. The molecule has 1 unspecified atom stereocenters. The van der Waals surface area contributed by atoms with Gasteiger partial charge < -0.3 is 0 Å². The van der Waals surface area contributed by atoms with Crippen molar-refractivity contribution in [1.29, 1.82) is 0 Å². The van der Waals surface area contributed by atoms with Crippen LogP contribution in [-0.2, 0) is 18.7 Å². The Balaban J connectivity index is 3.25. The van der Waals surface area contributed by atoms with Crippen LogP contribution in [0.2, 0.25) is 0 Å². The highest BCUT2D eigenvalue weighted by atomic mass is 32.9. The van der Waals surface area contributed by atoms with Gasteiger partial charge in [-0.1, -0.05) is 0 Å². The Hall–Kier alpha value is -0.560. The van der Waals surface area contributed by atoms with E-state index in [4.69, 9.17) is 0 Å². The van der Waals surface area contributed by atoms with Gasteiger partial charge in [-0.15, -0.1) is 10.2 Å². The first kappa shape index (κ1) is 8.54. The molecule has 0 spiro atoms. The first-order chi connectivity index (χ1) is 5.16. The van der Waals surface area contributed by atoms with Gasteiger partial charge in [-0.3, -0.25) is 0 Å². The molecule has 62 valence electrons. The molecule has 1 rings (SSSR count). The van der Waals surface area contributed by atoms with E-state index in [9.17, 15) is 12.8 Å². The lowest BCUT2D eigenvalue weighted by atomic mass is 10.8. The molecule has 4 nitrogen and oxygen atoms in total. The zero-order valence-corrected chi connectivity index (χ0v) is 7.25. The lowest BCUT2D eigenvalue weighted by Gasteiger charge is -1.91. The van der Waals surface area contributed by atoms with Crippen LogP contribution < -0.4 is 0 Å². The Morgan fingerprint density at radius 2 is 2.18 bits per heavy atom. The third-order valence-electron chi connectivity index (χ3n) is 1.04. The molecule has 1 heterocycles. The van der Waals surface area contributed by atoms with Gasteiger partial charge in [-0.05, 0) is 6.92 Å². The summed E-state index contributed by atoms with van der Waals surface area (Å²) in [5.74, 6) is 0. The molecule has 0 saturated carbocycles. The molecule has 0 aliphatic carbocycles. The van der Waals surface area contributed by atoms with E-state index in [-0.39, 0.29) is 5.04 Å². The maximum atomic E-state index is 12.0. The van der Waals surface area contributed by atoms with Gasteiger partial charge in [0.25, 0.3) is 9.26 Å². The normalized spacial score (nSPS) is 22.9. The zero-order chi connectivity index (χ0) is 8.43. The van der Waals surface area contributed by atoms with Crippen LogP contribution in [-0.4, -0.2) is 25.2 Å². The smallest absolute Gasteiger partial charge is 0.244 e. The average molecular weight is 196 g/mol. The number of hydrogen-bond acceptors (Lipinski definition) is 4. The van der Waals surface area contributed by atoms with E-state index in [1.54, 1.807) is 0 Å². The molecule has 0 aromatic carbocycles. The second kappa shape index (κ2) is 3.22. The molecule has 1 aliphatic rings. The van der Waals surface area contributed by atoms with Gasteiger partial charge in [-0.2, -0.15) is 8.42 Å². The fourth-order valence-corrected chi connectivity index (χ4v) is 3.04. The molecular weight excluding hydrogens is 191 g/mol. The van der Waals surface area contributed by atoms with Crippen molar-refractivity contribution < 1.29 is 12.8 Å². The molecule has 0 fully saturated rings. The minimum absolute atomic E-state index is 0.00386. The molecule has 0 aromatic rings. The quantitative estimate of drug-likeness (QED) is 0.597. The van der Waals surface area contributed by atoms with Crippen molar-refractivity contribution in [3.63, 3.8) is 0 Å². The molecule has 0 saturated heterocycles. The van der Waals surface area contributed by atoms with Gasteiger partial charge >= 0.3 is 0 Å². The van der Waals surface area contributed by atoms with Crippen LogP contribution in [0.4, 0.5) is 4.39 Å². The Morgan fingerprint density at radius 1 is 1.55 bits per heavy atom. The minimum atomic E-state index is -2.32. The van der Waals surface area contributed by atoms with Crippen molar-refractivity contribution >= 4 is 28.8 Å². The van der Waals surface area contributed by atoms with Crippen LogP contribution in [0.3, 0.4) is 0 Å². The summed E-state index contributed by atoms with van der Waals surface area (Å²) in [5.41, 5.74) is 0. The van der Waals surface area contributed by atoms with Gasteiger partial charge in [0.2, 0.25) is 0 Å². The van der Waals surface area contributed by atoms with E-state index in [0.29, 0.717) is 5.04 Å². The lowest BCUT2D eigenvalue weighted by Crippen LogP contribution is -2.11. The van der Waals surface area contributed by atoms with Gasteiger partial charge in [-0.25, -0.2) is 4.39 Å². The van der Waals surface area contributed by atoms with Crippen molar-refractivity contribution in [2.45, 2.75) is 6.92 Å². The largest absolute Gasteiger partial charge is 0.252 e. The summed E-state index contributed by atoms with van der Waals surface area (Å²) in [5, 5.41) is 7.21. The van der Waals surface area contributed by atoms with Crippen molar-refractivity contribution in [2.24, 2.45) is 10.2 Å². The molecule has 0 aromatic heterocycles. The third-order valence-corrected chi connectivity index (χ3v) is 4.66. The maximum Gasteiger partial charge on any atom is 0.252 e. The number of hydrogen-bond donors (Lipinski definition) is 0. The highest BCUT2D eigenvalue weighted by Gasteiger charge is 2.17. The van der Waals surface area contributed by atoms with Crippen LogP contribution >= 0.6 is 0 Å². The first-order valence-corrected chi connectivity index (χ1v) is 5.49. The average Bonchev–Trinajstić information content (AvgIpc) is 2.30. The Labute approximate surface area is 66.0 Å². The summed E-state index contributed by atoms with van der Waals surface area (Å²) in [6.45, 7) is 0.670. The lowest BCUT2D eigenvalue weighted by molar-refractivity contribution is 0.585. The first-order valence-electron chi connectivity index (χ1n) is 2.68. The zero-order valence-electron chi connectivity index (χ0n) is 5.61. The van der Waals surface area contributed by atoms with E-state index < -0.39 is 25.4 Å². The standard InChI is InChI=1S/C4H5FN2O2S2/c1-3-6-7-4(2-5)10(3)11(8)9/h2H2,1H3. The van der Waals surface area contributed by atoms with Crippen LogP contribution in [0, 0.1) is 0 Å². The summed E-state index contributed by atoms with van der Waals surface area (Å²) in [7, 11) is -3.54. The number of alkyl halides is 1. The van der Waals surface area contributed by atoms with Gasteiger partial charge in [0.1, 0.15) is 16.8 Å². The summed E-state index contributed by atoms with van der Waals surface area (Å²) >= 11 is 0. The molecule has 1 atom stereocenters. The predicted molar refractivity (Wildman–Crippen MR) is 42.8 cm³/mol. The molecule has 7 heteroatoms. The molecule has 0 amide bonds. The fourth-order valence-electron chi connectivity index (χ4n) is 0.624. The molecule has 11 heavy (non-hydrogen) atoms. The topological polar surface area (TPSA) is 58.9 Å². The van der Waals surface area contributed by atoms with Gasteiger partial charge in [0.05, 0.1) is 0 Å². The summed E-state index contributed by atoms with van der Waals surface area (Å²) in [4.78, 5) is 0. The number of rotatable bonds is 1. The Bertz CT molecular complexity index is 360. The maximum absolute atomic E-state index is 12.0. The molecular formula is C4H5FN2O2S2. The number of halogens is 1. The van der Waals surface area contributed by atoms with E-state index in [2.05, 4.69) is 10.2 Å². The molecule has 0 N–H and O–H groups in total. The van der Waals surface area contributed by atoms with Crippen LogP contribution in [0.15, 0.2) is 10.2 Å². The van der Waals surface area contributed by atoms with E-state index in [1.807, 2.05) is 0 Å². The van der Waals surface area contributed by atoms with E-state index in [0.717, 1.165) is 0 Å². The SMILES string of the molecule is CC1=NN=C(CF)S1=S(=O)=O. The van der Waals surface area contributed by atoms with Crippen molar-refractivity contribution in [1.82, 2.24) is 0 Å². The Morgan fingerprint density at radius 3 is 2.55 bits per heavy atom. The van der Waals surface area contributed by atoms with Crippen molar-refractivity contribution in [3.05, 3.63) is 0 Å². The molecule has 0 radical (unpaired) electrons. The molecule has 0 bridgehead atoms. The van der Waals surface area contributed by atoms with Crippen LogP contribution in [0.25, 0.3) is 0 Å². The highest BCUT2D eigenvalue weighted by molar-refractivity contribution is 8.49. The van der Waals surface area contributed by atoms with Crippen molar-refractivity contribution in [2.75, 3.05) is 6.67 Å². The second-order valence-corrected chi connectivity index (χ2v) is 5.54.